The third kappa shape index (κ3) is 2.66. The van der Waals surface area contributed by atoms with Crippen molar-refractivity contribution >= 4 is 22.6 Å². The van der Waals surface area contributed by atoms with Gasteiger partial charge in [-0.1, -0.05) is 12.1 Å². The predicted molar refractivity (Wildman–Crippen MR) is 74.8 cm³/mol. The fraction of sp³-hybridized carbons (Fsp3) is 0.0667. The van der Waals surface area contributed by atoms with E-state index in [2.05, 4.69) is 15.3 Å². The van der Waals surface area contributed by atoms with Crippen molar-refractivity contribution in [2.75, 3.05) is 5.32 Å². The molecule has 20 heavy (non-hydrogen) atoms. The number of imidazole rings is 1. The van der Waals surface area contributed by atoms with Gasteiger partial charge in [0, 0.05) is 5.69 Å². The molecule has 2 N–H and O–H groups in total. The Morgan fingerprint density at radius 3 is 2.80 bits per heavy atom. The summed E-state index contributed by atoms with van der Waals surface area (Å²) in [5.41, 5.74) is 3.19. The number of rotatable bonds is 3. The van der Waals surface area contributed by atoms with Crippen molar-refractivity contribution in [2.45, 2.75) is 6.42 Å². The van der Waals surface area contributed by atoms with E-state index in [0.717, 1.165) is 16.6 Å². The number of fused-ring (bicyclic) bond motifs is 1. The van der Waals surface area contributed by atoms with Gasteiger partial charge in [0.05, 0.1) is 23.8 Å². The molecule has 1 heterocycles. The molecule has 0 bridgehead atoms. The van der Waals surface area contributed by atoms with Gasteiger partial charge in [-0.2, -0.15) is 0 Å². The van der Waals surface area contributed by atoms with Crippen LogP contribution in [-0.2, 0) is 11.2 Å². The Morgan fingerprint density at radius 1 is 1.20 bits per heavy atom. The van der Waals surface area contributed by atoms with Crippen molar-refractivity contribution in [3.63, 3.8) is 0 Å². The monoisotopic (exact) mass is 269 g/mol. The lowest BCUT2D eigenvalue weighted by atomic mass is 10.1. The number of anilines is 1. The van der Waals surface area contributed by atoms with Gasteiger partial charge in [-0.3, -0.25) is 4.79 Å². The van der Waals surface area contributed by atoms with Crippen LogP contribution in [0.15, 0.2) is 48.8 Å². The van der Waals surface area contributed by atoms with E-state index >= 15 is 0 Å². The molecular weight excluding hydrogens is 257 g/mol. The maximum atomic E-state index is 12.8. The smallest absolute Gasteiger partial charge is 0.228 e. The van der Waals surface area contributed by atoms with Gasteiger partial charge >= 0.3 is 0 Å². The zero-order valence-corrected chi connectivity index (χ0v) is 10.6. The third-order valence-corrected chi connectivity index (χ3v) is 2.98. The molecule has 3 aromatic rings. The van der Waals surface area contributed by atoms with Gasteiger partial charge in [-0.25, -0.2) is 9.37 Å². The van der Waals surface area contributed by atoms with Gasteiger partial charge in [0.15, 0.2) is 0 Å². The summed E-state index contributed by atoms with van der Waals surface area (Å²) in [6, 6.07) is 11.4. The summed E-state index contributed by atoms with van der Waals surface area (Å²) in [6.45, 7) is 0. The molecule has 5 heteroatoms. The zero-order chi connectivity index (χ0) is 13.9. The fourth-order valence-corrected chi connectivity index (χ4v) is 2.01. The minimum absolute atomic E-state index is 0.143. The van der Waals surface area contributed by atoms with Gasteiger partial charge < -0.3 is 10.3 Å². The van der Waals surface area contributed by atoms with Crippen LogP contribution in [0.5, 0.6) is 0 Å². The van der Waals surface area contributed by atoms with Crippen LogP contribution in [0.4, 0.5) is 10.1 Å². The summed E-state index contributed by atoms with van der Waals surface area (Å²) in [7, 11) is 0. The van der Waals surface area contributed by atoms with E-state index in [9.17, 15) is 9.18 Å². The van der Waals surface area contributed by atoms with Crippen molar-refractivity contribution in [2.24, 2.45) is 0 Å². The number of aromatic amines is 1. The van der Waals surface area contributed by atoms with Crippen molar-refractivity contribution in [3.05, 3.63) is 60.2 Å². The number of hydrogen-bond acceptors (Lipinski definition) is 2. The number of H-pyrrole nitrogens is 1. The number of carbonyl (C=O) groups is 1. The minimum atomic E-state index is -0.307. The van der Waals surface area contributed by atoms with Crippen LogP contribution in [-0.4, -0.2) is 15.9 Å². The summed E-state index contributed by atoms with van der Waals surface area (Å²) in [5, 5.41) is 2.81. The number of benzene rings is 2. The molecule has 0 aliphatic heterocycles. The molecule has 2 aromatic carbocycles. The maximum absolute atomic E-state index is 12.8. The number of amides is 1. The van der Waals surface area contributed by atoms with E-state index in [0.29, 0.717) is 5.69 Å². The molecule has 3 rings (SSSR count). The number of halogens is 1. The summed E-state index contributed by atoms with van der Waals surface area (Å²) < 4.78 is 12.8. The Balaban J connectivity index is 1.70. The van der Waals surface area contributed by atoms with Crippen molar-refractivity contribution in [1.29, 1.82) is 0 Å². The summed E-state index contributed by atoms with van der Waals surface area (Å²) in [5.74, 6) is -0.450. The Kier molecular flexibility index (Phi) is 3.16. The molecule has 0 atom stereocenters. The van der Waals surface area contributed by atoms with Crippen molar-refractivity contribution in [1.82, 2.24) is 9.97 Å². The molecule has 0 saturated heterocycles. The highest BCUT2D eigenvalue weighted by molar-refractivity contribution is 5.94. The Hall–Kier alpha value is -2.69. The second-order valence-corrected chi connectivity index (χ2v) is 4.49. The lowest BCUT2D eigenvalue weighted by Gasteiger charge is -2.05. The highest BCUT2D eigenvalue weighted by Gasteiger charge is 2.05. The quantitative estimate of drug-likeness (QED) is 0.768. The van der Waals surface area contributed by atoms with Crippen molar-refractivity contribution in [3.8, 4) is 0 Å². The first-order valence-electron chi connectivity index (χ1n) is 6.18. The zero-order valence-electron chi connectivity index (χ0n) is 10.6. The van der Waals surface area contributed by atoms with E-state index in [1.807, 2.05) is 12.1 Å². The first kappa shape index (κ1) is 12.3. The Bertz CT molecular complexity index is 749. The Labute approximate surface area is 114 Å². The minimum Gasteiger partial charge on any atom is -0.345 e. The van der Waals surface area contributed by atoms with Crippen LogP contribution < -0.4 is 5.32 Å². The molecular formula is C15H12FN3O. The molecule has 0 fully saturated rings. The van der Waals surface area contributed by atoms with Gasteiger partial charge in [0.1, 0.15) is 5.82 Å². The SMILES string of the molecule is O=C(Cc1ccc(F)cc1)Nc1ccc2nc[nH]c2c1. The molecule has 0 aliphatic carbocycles. The lowest BCUT2D eigenvalue weighted by Crippen LogP contribution is -2.14. The topological polar surface area (TPSA) is 57.8 Å². The Morgan fingerprint density at radius 2 is 2.00 bits per heavy atom. The first-order chi connectivity index (χ1) is 9.70. The molecule has 0 spiro atoms. The van der Waals surface area contributed by atoms with E-state index in [-0.39, 0.29) is 18.1 Å². The summed E-state index contributed by atoms with van der Waals surface area (Å²) in [6.07, 6.45) is 1.82. The highest BCUT2D eigenvalue weighted by atomic mass is 19.1. The van der Waals surface area contributed by atoms with Gasteiger partial charge in [0.2, 0.25) is 5.91 Å². The lowest BCUT2D eigenvalue weighted by molar-refractivity contribution is -0.115. The maximum Gasteiger partial charge on any atom is 0.228 e. The normalized spacial score (nSPS) is 10.7. The van der Waals surface area contributed by atoms with Crippen LogP contribution in [0, 0.1) is 5.82 Å². The van der Waals surface area contributed by atoms with Crippen LogP contribution >= 0.6 is 0 Å². The average Bonchev–Trinajstić information content (AvgIpc) is 2.89. The number of nitrogens with zero attached hydrogens (tertiary/aromatic N) is 1. The van der Waals surface area contributed by atoms with E-state index in [1.165, 1.54) is 12.1 Å². The largest absolute Gasteiger partial charge is 0.345 e. The van der Waals surface area contributed by atoms with E-state index in [4.69, 9.17) is 0 Å². The molecule has 1 aromatic heterocycles. The molecule has 0 aliphatic rings. The third-order valence-electron chi connectivity index (χ3n) is 2.98. The van der Waals surface area contributed by atoms with E-state index < -0.39 is 0 Å². The number of aromatic nitrogens is 2. The molecule has 100 valence electrons. The highest BCUT2D eigenvalue weighted by Crippen LogP contribution is 2.16. The molecule has 0 unspecified atom stereocenters. The molecule has 0 saturated carbocycles. The van der Waals surface area contributed by atoms with Gasteiger partial charge in [0.25, 0.3) is 0 Å². The van der Waals surface area contributed by atoms with E-state index in [1.54, 1.807) is 24.5 Å². The van der Waals surface area contributed by atoms with Gasteiger partial charge in [-0.05, 0) is 35.9 Å². The van der Waals surface area contributed by atoms with Crippen LogP contribution in [0.25, 0.3) is 11.0 Å². The summed E-state index contributed by atoms with van der Waals surface area (Å²) >= 11 is 0. The van der Waals surface area contributed by atoms with Crippen LogP contribution in [0.2, 0.25) is 0 Å². The summed E-state index contributed by atoms with van der Waals surface area (Å²) in [4.78, 5) is 19.0. The number of carbonyl (C=O) groups excluding carboxylic acids is 1. The molecule has 0 radical (unpaired) electrons. The molecule has 1 amide bonds. The standard InChI is InChI=1S/C15H12FN3O/c16-11-3-1-10(2-4-11)7-15(20)19-12-5-6-13-14(8-12)18-9-17-13/h1-6,8-9H,7H2,(H,17,18)(H,19,20). The number of nitrogens with one attached hydrogen (secondary N) is 2. The van der Waals surface area contributed by atoms with Crippen molar-refractivity contribution < 1.29 is 9.18 Å². The average molecular weight is 269 g/mol. The number of hydrogen-bond donors (Lipinski definition) is 2. The molecule has 4 nitrogen and oxygen atoms in total. The van der Waals surface area contributed by atoms with Crippen LogP contribution in [0.1, 0.15) is 5.56 Å². The van der Waals surface area contributed by atoms with Gasteiger partial charge in [-0.15, -0.1) is 0 Å². The van der Waals surface area contributed by atoms with Crippen LogP contribution in [0.3, 0.4) is 0 Å². The second-order valence-electron chi connectivity index (χ2n) is 4.49. The predicted octanol–water partition coefficient (Wildman–Crippen LogP) is 2.88. The second kappa shape index (κ2) is 5.13. The fourth-order valence-electron chi connectivity index (χ4n) is 2.01. The first-order valence-corrected chi connectivity index (χ1v) is 6.18.